The van der Waals surface area contributed by atoms with Crippen LogP contribution >= 0.6 is 34.2 Å². The first kappa shape index (κ1) is 32.1. The zero-order valence-electron chi connectivity index (χ0n) is 19.7. The molecule has 0 saturated heterocycles. The molecule has 3 N–H and O–H groups in total. The van der Waals surface area contributed by atoms with Gasteiger partial charge in [0.25, 0.3) is 17.4 Å². The Morgan fingerprint density at radius 3 is 2.03 bits per heavy atom. The summed E-state index contributed by atoms with van der Waals surface area (Å²) in [5, 5.41) is 13.5. The van der Waals surface area contributed by atoms with Gasteiger partial charge in [-0.25, -0.2) is 8.42 Å². The first-order valence-corrected chi connectivity index (χ1v) is 13.8. The van der Waals surface area contributed by atoms with E-state index >= 15 is 0 Å². The third kappa shape index (κ3) is 7.09. The van der Waals surface area contributed by atoms with E-state index in [2.05, 4.69) is 10.6 Å². The number of anilines is 1. The highest BCUT2D eigenvalue weighted by molar-refractivity contribution is 14.1. The van der Waals surface area contributed by atoms with E-state index in [1.54, 1.807) is 22.6 Å². The number of hydrogen-bond donors (Lipinski definition) is 3. The van der Waals surface area contributed by atoms with Crippen LogP contribution in [0.1, 0.15) is 40.1 Å². The Morgan fingerprint density at radius 1 is 1.00 bits per heavy atom. The van der Waals surface area contributed by atoms with Crippen molar-refractivity contribution in [1.82, 2.24) is 5.32 Å². The first-order chi connectivity index (χ1) is 17.0. The summed E-state index contributed by atoms with van der Waals surface area (Å²) >= 11 is 7.61. The zero-order chi connectivity index (χ0) is 29.5. The van der Waals surface area contributed by atoms with E-state index in [4.69, 9.17) is 11.6 Å². The molecular formula is C22H20ClF6IN2O5S. The Hall–Kier alpha value is -2.11. The van der Waals surface area contributed by atoms with Crippen molar-refractivity contribution in [2.45, 2.75) is 37.3 Å². The van der Waals surface area contributed by atoms with Crippen molar-refractivity contribution in [2.24, 2.45) is 0 Å². The van der Waals surface area contributed by atoms with Gasteiger partial charge in [0, 0.05) is 20.9 Å². The van der Waals surface area contributed by atoms with Crippen LogP contribution in [-0.2, 0) is 15.4 Å². The third-order valence-electron chi connectivity index (χ3n) is 5.02. The number of rotatable bonds is 7. The maximum Gasteiger partial charge on any atom is 0.430 e. The third-order valence-corrected chi connectivity index (χ3v) is 7.47. The highest BCUT2D eigenvalue weighted by atomic mass is 127. The first-order valence-electron chi connectivity index (χ1n) is 10.3. The van der Waals surface area contributed by atoms with Crippen LogP contribution in [0.25, 0.3) is 0 Å². The van der Waals surface area contributed by atoms with Gasteiger partial charge in [0.15, 0.2) is 0 Å². The lowest BCUT2D eigenvalue weighted by Gasteiger charge is -2.32. The monoisotopic (exact) mass is 700 g/mol. The van der Waals surface area contributed by atoms with Gasteiger partial charge in [-0.1, -0.05) is 23.7 Å². The quantitative estimate of drug-likeness (QED) is 0.276. The minimum absolute atomic E-state index is 0.163. The number of halogens is 8. The summed E-state index contributed by atoms with van der Waals surface area (Å²) in [6.07, 6.45) is -11.3. The molecule has 2 aromatic rings. The van der Waals surface area contributed by atoms with E-state index in [0.717, 1.165) is 6.26 Å². The Balaban J connectivity index is 2.43. The molecule has 0 heterocycles. The predicted molar refractivity (Wildman–Crippen MR) is 136 cm³/mol. The van der Waals surface area contributed by atoms with Gasteiger partial charge in [0.2, 0.25) is 0 Å². The molecule has 210 valence electrons. The van der Waals surface area contributed by atoms with Gasteiger partial charge in [-0.05, 0) is 60.7 Å². The van der Waals surface area contributed by atoms with E-state index in [0.29, 0.717) is 12.1 Å². The fourth-order valence-electron chi connectivity index (χ4n) is 3.52. The number of benzene rings is 2. The van der Waals surface area contributed by atoms with E-state index in [1.807, 2.05) is 0 Å². The lowest BCUT2D eigenvalue weighted by molar-refractivity contribution is -0.376. The van der Waals surface area contributed by atoms with Crippen LogP contribution in [0.4, 0.5) is 32.0 Å². The minimum Gasteiger partial charge on any atom is -0.369 e. The molecule has 0 unspecified atom stereocenters. The fourth-order valence-corrected chi connectivity index (χ4v) is 5.88. The fraction of sp³-hybridized carbons (Fsp3) is 0.364. The molecule has 0 bridgehead atoms. The SMILES string of the molecule is CC(C)(CS(C)(=O)=O)NC(=O)c1c(I)cccc1C(=O)Nc1ccc(C(O)(C(F)(F)F)C(F)(F)F)cc1Cl. The van der Waals surface area contributed by atoms with Crippen LogP contribution < -0.4 is 10.6 Å². The van der Waals surface area contributed by atoms with Gasteiger partial charge in [-0.15, -0.1) is 0 Å². The van der Waals surface area contributed by atoms with Gasteiger partial charge >= 0.3 is 12.4 Å². The molecule has 0 aliphatic carbocycles. The number of amides is 2. The second kappa shape index (κ2) is 10.8. The molecule has 2 aromatic carbocycles. The zero-order valence-corrected chi connectivity index (χ0v) is 23.4. The number of carbonyl (C=O) groups excluding carboxylic acids is 2. The Bertz CT molecular complexity index is 1350. The molecule has 2 amide bonds. The van der Waals surface area contributed by atoms with Gasteiger partial charge in [-0.2, -0.15) is 26.3 Å². The Labute approximate surface area is 232 Å². The van der Waals surface area contributed by atoms with Crippen LogP contribution in [0.5, 0.6) is 0 Å². The Morgan fingerprint density at radius 2 is 1.55 bits per heavy atom. The van der Waals surface area contributed by atoms with Gasteiger partial charge < -0.3 is 15.7 Å². The van der Waals surface area contributed by atoms with Gasteiger partial charge in [0.05, 0.1) is 27.6 Å². The number of hydrogen-bond acceptors (Lipinski definition) is 5. The van der Waals surface area contributed by atoms with E-state index < -0.39 is 67.2 Å². The molecule has 0 fully saturated rings. The largest absolute Gasteiger partial charge is 0.430 e. The number of carbonyl (C=O) groups is 2. The number of aliphatic hydroxyl groups is 1. The van der Waals surface area contributed by atoms with E-state index in [1.165, 1.54) is 32.0 Å². The average Bonchev–Trinajstić information content (AvgIpc) is 2.70. The van der Waals surface area contributed by atoms with E-state index in [-0.39, 0.29) is 20.8 Å². The van der Waals surface area contributed by atoms with Crippen molar-refractivity contribution in [3.63, 3.8) is 0 Å². The summed E-state index contributed by atoms with van der Waals surface area (Å²) in [6, 6.07) is 5.28. The average molecular weight is 701 g/mol. The van der Waals surface area contributed by atoms with Gasteiger partial charge in [-0.3, -0.25) is 9.59 Å². The molecule has 2 rings (SSSR count). The molecule has 0 atom stereocenters. The normalized spacial score (nSPS) is 13.3. The molecule has 38 heavy (non-hydrogen) atoms. The molecule has 0 aliphatic heterocycles. The summed E-state index contributed by atoms with van der Waals surface area (Å²) in [4.78, 5) is 26.0. The van der Waals surface area contributed by atoms with Gasteiger partial charge in [0.1, 0.15) is 9.84 Å². The lowest BCUT2D eigenvalue weighted by Crippen LogP contribution is -2.53. The van der Waals surface area contributed by atoms with Crippen molar-refractivity contribution in [2.75, 3.05) is 17.3 Å². The van der Waals surface area contributed by atoms with Crippen molar-refractivity contribution in [3.8, 4) is 0 Å². The highest BCUT2D eigenvalue weighted by Gasteiger charge is 2.71. The standard InChI is InChI=1S/C22H20ClF6IN2O5S/c1-19(2,10-38(3,36)37)32-18(34)16-12(5-4-6-14(16)30)17(33)31-15-8-7-11(9-13(15)23)20(35,21(24,25)26)22(27,28)29/h4-9,35H,10H2,1-3H3,(H,31,33)(H,32,34). The highest BCUT2D eigenvalue weighted by Crippen LogP contribution is 2.50. The molecule has 0 spiro atoms. The summed E-state index contributed by atoms with van der Waals surface area (Å²) in [5.41, 5.74) is -8.89. The molecule has 0 aliphatic rings. The van der Waals surface area contributed by atoms with Crippen LogP contribution in [0, 0.1) is 3.57 Å². The van der Waals surface area contributed by atoms with Crippen molar-refractivity contribution >= 4 is 61.5 Å². The Kier molecular flexibility index (Phi) is 9.13. The molecule has 0 aromatic heterocycles. The molecular weight excluding hydrogens is 681 g/mol. The van der Waals surface area contributed by atoms with Crippen LogP contribution in [0.15, 0.2) is 36.4 Å². The topological polar surface area (TPSA) is 113 Å². The molecule has 0 radical (unpaired) electrons. The van der Waals surface area contributed by atoms with Crippen LogP contribution in [-0.4, -0.2) is 55.2 Å². The summed E-state index contributed by atoms with van der Waals surface area (Å²) < 4.78 is 103. The van der Waals surface area contributed by atoms with Crippen molar-refractivity contribution in [1.29, 1.82) is 0 Å². The minimum atomic E-state index is -6.13. The number of sulfone groups is 1. The lowest BCUT2D eigenvalue weighted by atomic mass is 9.92. The second-order valence-electron chi connectivity index (χ2n) is 8.93. The van der Waals surface area contributed by atoms with Crippen molar-refractivity contribution in [3.05, 3.63) is 61.7 Å². The smallest absolute Gasteiger partial charge is 0.369 e. The summed E-state index contributed by atoms with van der Waals surface area (Å²) in [6.45, 7) is 2.90. The van der Waals surface area contributed by atoms with Crippen LogP contribution in [0.3, 0.4) is 0 Å². The maximum absolute atomic E-state index is 13.2. The number of alkyl halides is 6. The maximum atomic E-state index is 13.2. The predicted octanol–water partition coefficient (Wildman–Crippen LogP) is 5.06. The number of nitrogens with one attached hydrogen (secondary N) is 2. The van der Waals surface area contributed by atoms with Crippen LogP contribution in [0.2, 0.25) is 5.02 Å². The summed E-state index contributed by atoms with van der Waals surface area (Å²) in [5.74, 6) is -2.22. The molecule has 16 heteroatoms. The van der Waals surface area contributed by atoms with Crippen molar-refractivity contribution < 1.29 is 49.5 Å². The molecule has 7 nitrogen and oxygen atoms in total. The second-order valence-corrected chi connectivity index (χ2v) is 12.6. The van der Waals surface area contributed by atoms with E-state index in [9.17, 15) is 49.5 Å². The summed E-state index contributed by atoms with van der Waals surface area (Å²) in [7, 11) is -3.49. The molecule has 0 saturated carbocycles.